The molecule has 0 heterocycles. The molecule has 1 saturated carbocycles. The summed E-state index contributed by atoms with van der Waals surface area (Å²) < 4.78 is 0. The Kier molecular flexibility index (Phi) is 8.01. The third-order valence-electron chi connectivity index (χ3n) is 5.18. The fourth-order valence-electron chi connectivity index (χ4n) is 3.89. The van der Waals surface area contributed by atoms with Gasteiger partial charge in [0.2, 0.25) is 0 Å². The van der Waals surface area contributed by atoms with E-state index in [4.69, 9.17) is 5.73 Å². The molecule has 0 aliphatic heterocycles. The van der Waals surface area contributed by atoms with Gasteiger partial charge >= 0.3 is 0 Å². The molecule has 1 aliphatic carbocycles. The first-order valence-electron chi connectivity index (χ1n) is 8.67. The lowest BCUT2D eigenvalue weighted by molar-refractivity contribution is 0.0807. The average Bonchev–Trinajstić information content (AvgIpc) is 2.64. The van der Waals surface area contributed by atoms with Crippen LogP contribution in [-0.2, 0) is 0 Å². The Morgan fingerprint density at radius 3 is 2.47 bits per heavy atom. The van der Waals surface area contributed by atoms with Crippen molar-refractivity contribution in [3.63, 3.8) is 0 Å². The summed E-state index contributed by atoms with van der Waals surface area (Å²) in [5.74, 6) is 0.961. The van der Waals surface area contributed by atoms with Crippen LogP contribution in [0.3, 0.4) is 0 Å². The third kappa shape index (κ3) is 4.75. The number of hydrogen-bond acceptors (Lipinski definition) is 2. The molecule has 0 aromatic rings. The summed E-state index contributed by atoms with van der Waals surface area (Å²) in [5, 5.41) is 0. The minimum Gasteiger partial charge on any atom is -0.329 e. The molecule has 1 fully saturated rings. The summed E-state index contributed by atoms with van der Waals surface area (Å²) in [6.45, 7) is 10.2. The predicted octanol–water partition coefficient (Wildman–Crippen LogP) is 4.19. The monoisotopic (exact) mass is 268 g/mol. The van der Waals surface area contributed by atoms with Gasteiger partial charge in [0, 0.05) is 12.1 Å². The SMILES string of the molecule is CCCCN(CC)C1(CN)CCCC(CCC)CC1. The van der Waals surface area contributed by atoms with Gasteiger partial charge in [-0.05, 0) is 44.7 Å². The van der Waals surface area contributed by atoms with E-state index in [1.54, 1.807) is 0 Å². The number of hydrogen-bond donors (Lipinski definition) is 1. The summed E-state index contributed by atoms with van der Waals surface area (Å²) in [7, 11) is 0. The Labute approximate surface area is 121 Å². The van der Waals surface area contributed by atoms with Gasteiger partial charge in [-0.15, -0.1) is 0 Å². The van der Waals surface area contributed by atoms with Gasteiger partial charge in [0.1, 0.15) is 0 Å². The summed E-state index contributed by atoms with van der Waals surface area (Å²) in [4.78, 5) is 2.70. The van der Waals surface area contributed by atoms with Gasteiger partial charge in [0.05, 0.1) is 0 Å². The van der Waals surface area contributed by atoms with E-state index in [0.717, 1.165) is 19.0 Å². The lowest BCUT2D eigenvalue weighted by atomic mass is 9.87. The van der Waals surface area contributed by atoms with Crippen molar-refractivity contribution in [2.75, 3.05) is 19.6 Å². The Hall–Kier alpha value is -0.0800. The maximum absolute atomic E-state index is 6.23. The van der Waals surface area contributed by atoms with Crippen molar-refractivity contribution < 1.29 is 0 Å². The van der Waals surface area contributed by atoms with Crippen LogP contribution in [0.1, 0.15) is 78.6 Å². The average molecular weight is 268 g/mol. The zero-order valence-corrected chi connectivity index (χ0v) is 13.6. The lowest BCUT2D eigenvalue weighted by Gasteiger charge is -2.43. The molecule has 0 aromatic carbocycles. The van der Waals surface area contributed by atoms with Crippen LogP contribution in [0.25, 0.3) is 0 Å². The van der Waals surface area contributed by atoms with E-state index in [1.807, 2.05) is 0 Å². The molecule has 0 amide bonds. The second kappa shape index (κ2) is 8.97. The minimum absolute atomic E-state index is 0.312. The van der Waals surface area contributed by atoms with E-state index in [9.17, 15) is 0 Å². The predicted molar refractivity (Wildman–Crippen MR) is 85.4 cm³/mol. The van der Waals surface area contributed by atoms with Crippen molar-refractivity contribution in [2.45, 2.75) is 84.1 Å². The van der Waals surface area contributed by atoms with Gasteiger partial charge in [-0.3, -0.25) is 4.90 Å². The molecule has 0 spiro atoms. The van der Waals surface area contributed by atoms with Crippen LogP contribution in [-0.4, -0.2) is 30.1 Å². The van der Waals surface area contributed by atoms with Crippen molar-refractivity contribution in [2.24, 2.45) is 11.7 Å². The van der Waals surface area contributed by atoms with Crippen LogP contribution in [0, 0.1) is 5.92 Å². The highest BCUT2D eigenvalue weighted by Crippen LogP contribution is 2.36. The first-order valence-corrected chi connectivity index (χ1v) is 8.67. The molecular weight excluding hydrogens is 232 g/mol. The first-order chi connectivity index (χ1) is 9.22. The molecule has 19 heavy (non-hydrogen) atoms. The van der Waals surface area contributed by atoms with Crippen molar-refractivity contribution >= 4 is 0 Å². The van der Waals surface area contributed by atoms with Crippen LogP contribution >= 0.6 is 0 Å². The van der Waals surface area contributed by atoms with E-state index in [2.05, 4.69) is 25.7 Å². The van der Waals surface area contributed by atoms with Crippen LogP contribution in [0.2, 0.25) is 0 Å². The van der Waals surface area contributed by atoms with Crippen molar-refractivity contribution in [3.8, 4) is 0 Å². The Balaban J connectivity index is 2.66. The van der Waals surface area contributed by atoms with Gasteiger partial charge in [0.15, 0.2) is 0 Å². The van der Waals surface area contributed by atoms with Gasteiger partial charge in [-0.1, -0.05) is 52.9 Å². The summed E-state index contributed by atoms with van der Waals surface area (Å²) >= 11 is 0. The molecule has 2 unspecified atom stereocenters. The summed E-state index contributed by atoms with van der Waals surface area (Å²) in [5.41, 5.74) is 6.55. The van der Waals surface area contributed by atoms with E-state index in [0.29, 0.717) is 5.54 Å². The van der Waals surface area contributed by atoms with E-state index >= 15 is 0 Å². The van der Waals surface area contributed by atoms with Crippen molar-refractivity contribution in [1.29, 1.82) is 0 Å². The maximum atomic E-state index is 6.23. The van der Waals surface area contributed by atoms with Gasteiger partial charge in [-0.2, -0.15) is 0 Å². The van der Waals surface area contributed by atoms with Gasteiger partial charge < -0.3 is 5.73 Å². The maximum Gasteiger partial charge on any atom is 0.0331 e. The van der Waals surface area contributed by atoms with E-state index < -0.39 is 0 Å². The van der Waals surface area contributed by atoms with E-state index in [-0.39, 0.29) is 0 Å². The molecule has 2 atom stereocenters. The molecule has 2 N–H and O–H groups in total. The number of unbranched alkanes of at least 4 members (excludes halogenated alkanes) is 1. The Bertz CT molecular complexity index is 229. The largest absolute Gasteiger partial charge is 0.329 e. The lowest BCUT2D eigenvalue weighted by Crippen LogP contribution is -2.54. The summed E-state index contributed by atoms with van der Waals surface area (Å²) in [6.07, 6.45) is 12.2. The number of rotatable bonds is 8. The second-order valence-corrected chi connectivity index (χ2v) is 6.45. The smallest absolute Gasteiger partial charge is 0.0331 e. The highest BCUT2D eigenvalue weighted by molar-refractivity contribution is 4.94. The van der Waals surface area contributed by atoms with Crippen molar-refractivity contribution in [1.82, 2.24) is 4.90 Å². The molecule has 0 radical (unpaired) electrons. The topological polar surface area (TPSA) is 29.3 Å². The fourth-order valence-corrected chi connectivity index (χ4v) is 3.89. The zero-order valence-electron chi connectivity index (χ0n) is 13.6. The second-order valence-electron chi connectivity index (χ2n) is 6.45. The molecule has 0 saturated heterocycles. The number of likely N-dealkylation sites (N-methyl/N-ethyl adjacent to an activating group) is 1. The van der Waals surface area contributed by atoms with Gasteiger partial charge in [0.25, 0.3) is 0 Å². The van der Waals surface area contributed by atoms with E-state index in [1.165, 1.54) is 64.3 Å². The molecule has 2 heteroatoms. The molecule has 0 aromatic heterocycles. The highest BCUT2D eigenvalue weighted by Gasteiger charge is 2.36. The number of nitrogens with zero attached hydrogens (tertiary/aromatic N) is 1. The van der Waals surface area contributed by atoms with Crippen LogP contribution in [0.15, 0.2) is 0 Å². The molecule has 0 bridgehead atoms. The van der Waals surface area contributed by atoms with Crippen LogP contribution in [0.4, 0.5) is 0 Å². The molecule has 1 rings (SSSR count). The Morgan fingerprint density at radius 1 is 1.11 bits per heavy atom. The number of nitrogens with two attached hydrogens (primary N) is 1. The zero-order chi connectivity index (χ0) is 14.1. The third-order valence-corrected chi connectivity index (χ3v) is 5.18. The molecule has 1 aliphatic rings. The summed E-state index contributed by atoms with van der Waals surface area (Å²) in [6, 6.07) is 0. The van der Waals surface area contributed by atoms with Crippen LogP contribution < -0.4 is 5.73 Å². The molecular formula is C17H36N2. The first kappa shape index (κ1) is 17.0. The molecule has 114 valence electrons. The molecule has 2 nitrogen and oxygen atoms in total. The minimum atomic E-state index is 0.312. The van der Waals surface area contributed by atoms with Gasteiger partial charge in [-0.25, -0.2) is 0 Å². The van der Waals surface area contributed by atoms with Crippen molar-refractivity contribution in [3.05, 3.63) is 0 Å². The highest BCUT2D eigenvalue weighted by atomic mass is 15.2. The quantitative estimate of drug-likeness (QED) is 0.669. The Morgan fingerprint density at radius 2 is 1.89 bits per heavy atom. The normalized spacial score (nSPS) is 28.6. The fraction of sp³-hybridized carbons (Fsp3) is 1.00. The van der Waals surface area contributed by atoms with Crippen LogP contribution in [0.5, 0.6) is 0 Å². The standard InChI is InChI=1S/C17H36N2/c1-4-7-14-19(6-3)17(15-18)12-8-10-16(9-5-2)11-13-17/h16H,4-15,18H2,1-3H3.